The highest BCUT2D eigenvalue weighted by Crippen LogP contribution is 2.17. The van der Waals surface area contributed by atoms with E-state index in [0.29, 0.717) is 23.5 Å². The maximum Gasteiger partial charge on any atom is 0.257 e. The fourth-order valence-electron chi connectivity index (χ4n) is 2.20. The summed E-state index contributed by atoms with van der Waals surface area (Å²) in [6.45, 7) is 2.63. The first-order valence-corrected chi connectivity index (χ1v) is 7.46. The first-order chi connectivity index (χ1) is 11.0. The second-order valence-corrected chi connectivity index (χ2v) is 5.72. The summed E-state index contributed by atoms with van der Waals surface area (Å²) in [4.78, 5) is 17.0. The molecule has 1 aromatic carbocycles. The minimum atomic E-state index is -0.541. The van der Waals surface area contributed by atoms with E-state index in [-0.39, 0.29) is 12.5 Å². The number of benzene rings is 1. The van der Waals surface area contributed by atoms with Crippen LogP contribution in [0.4, 0.5) is 5.69 Å². The van der Waals surface area contributed by atoms with Crippen molar-refractivity contribution in [2.45, 2.75) is 13.0 Å². The van der Waals surface area contributed by atoms with Gasteiger partial charge in [0.05, 0.1) is 5.56 Å². The van der Waals surface area contributed by atoms with E-state index in [1.54, 1.807) is 36.5 Å². The molecule has 0 saturated carbocycles. The van der Waals surface area contributed by atoms with Crippen LogP contribution in [-0.2, 0) is 0 Å². The molecule has 0 aliphatic rings. The molecule has 0 radical (unpaired) electrons. The normalized spacial score (nSPS) is 12.2. The molecule has 6 nitrogen and oxygen atoms in total. The van der Waals surface area contributed by atoms with Gasteiger partial charge in [-0.3, -0.25) is 4.79 Å². The fraction of sp³-hybridized carbons (Fsp3) is 0.353. The largest absolute Gasteiger partial charge is 0.491 e. The number of nitrogens with one attached hydrogen (secondary N) is 2. The molecule has 0 bridgehead atoms. The number of aromatic nitrogens is 1. The van der Waals surface area contributed by atoms with Gasteiger partial charge in [0.2, 0.25) is 0 Å². The van der Waals surface area contributed by atoms with Crippen molar-refractivity contribution in [3.8, 4) is 5.75 Å². The van der Waals surface area contributed by atoms with Gasteiger partial charge in [-0.15, -0.1) is 0 Å². The minimum absolute atomic E-state index is 0.154. The number of rotatable bonds is 7. The van der Waals surface area contributed by atoms with Crippen LogP contribution in [0.1, 0.15) is 16.1 Å². The Hall–Kier alpha value is -2.31. The lowest BCUT2D eigenvalue weighted by molar-refractivity contribution is 0.0831. The third kappa shape index (κ3) is 5.12. The smallest absolute Gasteiger partial charge is 0.257 e. The molecule has 1 unspecified atom stereocenters. The average Bonchev–Trinajstić information content (AvgIpc) is 2.92. The molecule has 0 aliphatic heterocycles. The number of likely N-dealkylation sites (N-methyl/N-ethyl adjacent to an activating group) is 1. The summed E-state index contributed by atoms with van der Waals surface area (Å²) in [5.41, 5.74) is 2.14. The van der Waals surface area contributed by atoms with E-state index < -0.39 is 6.10 Å². The lowest BCUT2D eigenvalue weighted by Crippen LogP contribution is -2.30. The van der Waals surface area contributed by atoms with Gasteiger partial charge < -0.3 is 25.0 Å². The Kier molecular flexibility index (Phi) is 5.78. The van der Waals surface area contributed by atoms with Crippen LogP contribution in [-0.4, -0.2) is 54.2 Å². The van der Waals surface area contributed by atoms with E-state index in [2.05, 4.69) is 10.3 Å². The summed E-state index contributed by atoms with van der Waals surface area (Å²) in [6, 6.07) is 8.82. The van der Waals surface area contributed by atoms with Crippen LogP contribution in [0, 0.1) is 6.92 Å². The number of anilines is 1. The van der Waals surface area contributed by atoms with Crippen LogP contribution in [0.15, 0.2) is 36.5 Å². The Morgan fingerprint density at radius 2 is 2.00 bits per heavy atom. The summed E-state index contributed by atoms with van der Waals surface area (Å²) in [5, 5.41) is 12.6. The summed E-state index contributed by atoms with van der Waals surface area (Å²) < 4.78 is 5.53. The maximum absolute atomic E-state index is 12.1. The number of H-pyrrole nitrogens is 1. The number of aromatic amines is 1. The van der Waals surface area contributed by atoms with Crippen molar-refractivity contribution in [2.24, 2.45) is 0 Å². The number of ether oxygens (including phenoxy) is 1. The predicted octanol–water partition coefficient (Wildman–Crippen LogP) is 1.88. The van der Waals surface area contributed by atoms with Gasteiger partial charge in [-0.1, -0.05) is 0 Å². The van der Waals surface area contributed by atoms with Crippen molar-refractivity contribution in [1.29, 1.82) is 0 Å². The summed E-state index contributed by atoms with van der Waals surface area (Å²) in [5.74, 6) is 0.498. The highest BCUT2D eigenvalue weighted by Gasteiger charge is 2.10. The van der Waals surface area contributed by atoms with Crippen LogP contribution in [0.2, 0.25) is 0 Å². The second kappa shape index (κ2) is 7.80. The molecule has 124 valence electrons. The molecule has 0 spiro atoms. The van der Waals surface area contributed by atoms with E-state index in [1.165, 1.54) is 0 Å². The highest BCUT2D eigenvalue weighted by molar-refractivity contribution is 6.05. The SMILES string of the molecule is Cc1[nH]ccc1C(=O)Nc1ccc(OCC(O)CN(C)C)cc1. The van der Waals surface area contributed by atoms with Crippen LogP contribution in [0.5, 0.6) is 5.75 Å². The summed E-state index contributed by atoms with van der Waals surface area (Å²) in [7, 11) is 3.79. The molecule has 6 heteroatoms. The third-order valence-corrected chi connectivity index (χ3v) is 3.33. The van der Waals surface area contributed by atoms with E-state index in [0.717, 1.165) is 5.69 Å². The van der Waals surface area contributed by atoms with Crippen LogP contribution < -0.4 is 10.1 Å². The zero-order valence-corrected chi connectivity index (χ0v) is 13.7. The van der Waals surface area contributed by atoms with Crippen molar-refractivity contribution < 1.29 is 14.6 Å². The van der Waals surface area contributed by atoms with Crippen molar-refractivity contribution >= 4 is 11.6 Å². The molecule has 1 heterocycles. The molecular formula is C17H23N3O3. The van der Waals surface area contributed by atoms with E-state index in [9.17, 15) is 9.90 Å². The molecule has 2 aromatic rings. The molecule has 1 amide bonds. The molecule has 0 fully saturated rings. The number of carbonyl (C=O) groups excluding carboxylic acids is 1. The van der Waals surface area contributed by atoms with Gasteiger partial charge in [0.1, 0.15) is 18.5 Å². The molecule has 1 atom stereocenters. The van der Waals surface area contributed by atoms with Crippen molar-refractivity contribution in [3.05, 3.63) is 47.8 Å². The number of hydrogen-bond acceptors (Lipinski definition) is 4. The average molecular weight is 317 g/mol. The van der Waals surface area contributed by atoms with Crippen molar-refractivity contribution in [2.75, 3.05) is 32.6 Å². The Morgan fingerprint density at radius 1 is 1.30 bits per heavy atom. The highest BCUT2D eigenvalue weighted by atomic mass is 16.5. The lowest BCUT2D eigenvalue weighted by Gasteiger charge is -2.16. The quantitative estimate of drug-likeness (QED) is 0.728. The summed E-state index contributed by atoms with van der Waals surface area (Å²) in [6.07, 6.45) is 1.20. The first-order valence-electron chi connectivity index (χ1n) is 7.46. The van der Waals surface area contributed by atoms with E-state index in [4.69, 9.17) is 4.74 Å². The lowest BCUT2D eigenvalue weighted by atomic mass is 10.2. The van der Waals surface area contributed by atoms with Crippen LogP contribution in [0.3, 0.4) is 0 Å². The number of amides is 1. The van der Waals surface area contributed by atoms with Gasteiger partial charge in [0.25, 0.3) is 5.91 Å². The van der Waals surface area contributed by atoms with Crippen molar-refractivity contribution in [3.63, 3.8) is 0 Å². The van der Waals surface area contributed by atoms with Crippen LogP contribution in [0.25, 0.3) is 0 Å². The maximum atomic E-state index is 12.1. The zero-order chi connectivity index (χ0) is 16.8. The fourth-order valence-corrected chi connectivity index (χ4v) is 2.20. The Balaban J connectivity index is 1.87. The minimum Gasteiger partial charge on any atom is -0.491 e. The number of nitrogens with zero attached hydrogens (tertiary/aromatic N) is 1. The van der Waals surface area contributed by atoms with Gasteiger partial charge in [0, 0.05) is 24.1 Å². The molecule has 0 saturated heterocycles. The number of hydrogen-bond donors (Lipinski definition) is 3. The van der Waals surface area contributed by atoms with Gasteiger partial charge in [-0.2, -0.15) is 0 Å². The van der Waals surface area contributed by atoms with Crippen molar-refractivity contribution in [1.82, 2.24) is 9.88 Å². The molecule has 23 heavy (non-hydrogen) atoms. The molecule has 1 aromatic heterocycles. The number of aliphatic hydroxyl groups is 1. The van der Waals surface area contributed by atoms with Crippen LogP contribution >= 0.6 is 0 Å². The van der Waals surface area contributed by atoms with Gasteiger partial charge in [0.15, 0.2) is 0 Å². The Labute approximate surface area is 136 Å². The van der Waals surface area contributed by atoms with Gasteiger partial charge >= 0.3 is 0 Å². The topological polar surface area (TPSA) is 77.6 Å². The molecule has 3 N–H and O–H groups in total. The van der Waals surface area contributed by atoms with E-state index in [1.807, 2.05) is 25.9 Å². The number of carbonyl (C=O) groups is 1. The standard InChI is InChI=1S/C17H23N3O3/c1-12-16(8-9-18-12)17(22)19-13-4-6-15(7-5-13)23-11-14(21)10-20(2)3/h4-9,14,18,21H,10-11H2,1-3H3,(H,19,22). The van der Waals surface area contributed by atoms with Gasteiger partial charge in [-0.05, 0) is 51.4 Å². The monoisotopic (exact) mass is 317 g/mol. The zero-order valence-electron chi connectivity index (χ0n) is 13.7. The Bertz CT molecular complexity index is 635. The molecule has 0 aliphatic carbocycles. The Morgan fingerprint density at radius 3 is 2.57 bits per heavy atom. The molecular weight excluding hydrogens is 294 g/mol. The predicted molar refractivity (Wildman–Crippen MR) is 90.0 cm³/mol. The summed E-state index contributed by atoms with van der Waals surface area (Å²) >= 11 is 0. The number of aliphatic hydroxyl groups excluding tert-OH is 1. The first kappa shape index (κ1) is 17.1. The van der Waals surface area contributed by atoms with Gasteiger partial charge in [-0.25, -0.2) is 0 Å². The number of aryl methyl sites for hydroxylation is 1. The third-order valence-electron chi connectivity index (χ3n) is 3.33. The molecule has 2 rings (SSSR count). The second-order valence-electron chi connectivity index (χ2n) is 5.72. The van der Waals surface area contributed by atoms with E-state index >= 15 is 0 Å².